The molecule has 1 aliphatic heterocycles. The van der Waals surface area contributed by atoms with Crippen LogP contribution in [-0.2, 0) is 0 Å². The van der Waals surface area contributed by atoms with E-state index in [2.05, 4.69) is 5.32 Å². The normalized spacial score (nSPS) is 22.0. The largest absolute Gasteiger partial charge is 0.336 e. The molecule has 6 nitrogen and oxygen atoms in total. The lowest BCUT2D eigenvalue weighted by Crippen LogP contribution is -2.55. The molecule has 1 aromatic carbocycles. The summed E-state index contributed by atoms with van der Waals surface area (Å²) >= 11 is 0. The molecule has 1 heterocycles. The molecule has 20 heavy (non-hydrogen) atoms. The van der Waals surface area contributed by atoms with Crippen molar-refractivity contribution < 1.29 is 9.72 Å². The number of carbonyl (C=O) groups is 1. The Labute approximate surface area is 123 Å². The SMILES string of the molecule is CC1CN(C(=O)c2cccc([N+](=O)[O-])c2)CC(C)N1.Cl. The summed E-state index contributed by atoms with van der Waals surface area (Å²) in [6.45, 7) is 5.27. The van der Waals surface area contributed by atoms with E-state index in [9.17, 15) is 14.9 Å². The molecule has 2 rings (SSSR count). The summed E-state index contributed by atoms with van der Waals surface area (Å²) in [5.41, 5.74) is 0.317. The third kappa shape index (κ3) is 3.68. The van der Waals surface area contributed by atoms with Gasteiger partial charge in [0, 0.05) is 42.9 Å². The monoisotopic (exact) mass is 299 g/mol. The summed E-state index contributed by atoms with van der Waals surface area (Å²) in [5, 5.41) is 14.1. The molecule has 0 spiro atoms. The lowest BCUT2D eigenvalue weighted by atomic mass is 10.1. The summed E-state index contributed by atoms with van der Waals surface area (Å²) in [6.07, 6.45) is 0. The minimum absolute atomic E-state index is 0. The van der Waals surface area contributed by atoms with Crippen molar-refractivity contribution in [3.05, 3.63) is 39.9 Å². The topological polar surface area (TPSA) is 75.5 Å². The number of rotatable bonds is 2. The van der Waals surface area contributed by atoms with Crippen molar-refractivity contribution in [2.75, 3.05) is 13.1 Å². The molecule has 2 atom stereocenters. The number of hydrogen-bond donors (Lipinski definition) is 1. The second-order valence-corrected chi connectivity index (χ2v) is 4.99. The molecule has 1 saturated heterocycles. The van der Waals surface area contributed by atoms with Crippen molar-refractivity contribution in [1.82, 2.24) is 10.2 Å². The standard InChI is InChI=1S/C13H17N3O3.ClH/c1-9-7-15(8-10(2)14-9)13(17)11-4-3-5-12(6-11)16(18)19;/h3-6,9-10,14H,7-8H2,1-2H3;1H. The Morgan fingerprint density at radius 3 is 2.50 bits per heavy atom. The molecule has 0 radical (unpaired) electrons. The quantitative estimate of drug-likeness (QED) is 0.668. The van der Waals surface area contributed by atoms with Crippen LogP contribution in [0.25, 0.3) is 0 Å². The summed E-state index contributed by atoms with van der Waals surface area (Å²) < 4.78 is 0. The van der Waals surface area contributed by atoms with Gasteiger partial charge in [-0.2, -0.15) is 0 Å². The van der Waals surface area contributed by atoms with Gasteiger partial charge in [0.1, 0.15) is 0 Å². The van der Waals surface area contributed by atoms with E-state index in [4.69, 9.17) is 0 Å². The number of halogens is 1. The van der Waals surface area contributed by atoms with Crippen LogP contribution in [0, 0.1) is 10.1 Å². The van der Waals surface area contributed by atoms with Crippen LogP contribution in [0.3, 0.4) is 0 Å². The van der Waals surface area contributed by atoms with Gasteiger partial charge in [-0.25, -0.2) is 0 Å². The number of nitro groups is 1. The summed E-state index contributed by atoms with van der Waals surface area (Å²) in [6, 6.07) is 6.34. The van der Waals surface area contributed by atoms with Crippen LogP contribution in [0.2, 0.25) is 0 Å². The van der Waals surface area contributed by atoms with Crippen LogP contribution in [0.1, 0.15) is 24.2 Å². The highest BCUT2D eigenvalue weighted by molar-refractivity contribution is 5.95. The predicted octanol–water partition coefficient (Wildman–Crippen LogP) is 1.84. The number of piperazine rings is 1. The molecule has 1 aliphatic rings. The molecule has 2 unspecified atom stereocenters. The number of hydrogen-bond acceptors (Lipinski definition) is 4. The molecule has 0 aliphatic carbocycles. The lowest BCUT2D eigenvalue weighted by Gasteiger charge is -2.36. The third-order valence-corrected chi connectivity index (χ3v) is 3.15. The Hall–Kier alpha value is -1.66. The maximum Gasteiger partial charge on any atom is 0.270 e. The number of non-ortho nitro benzene ring substituents is 1. The summed E-state index contributed by atoms with van der Waals surface area (Å²) in [4.78, 5) is 24.3. The van der Waals surface area contributed by atoms with Gasteiger partial charge in [0.15, 0.2) is 0 Å². The molecular formula is C13H18ClN3O3. The average molecular weight is 300 g/mol. The summed E-state index contributed by atoms with van der Waals surface area (Å²) in [7, 11) is 0. The molecule has 1 fully saturated rings. The van der Waals surface area contributed by atoms with Crippen molar-refractivity contribution in [3.63, 3.8) is 0 Å². The molecule has 110 valence electrons. The van der Waals surface area contributed by atoms with Crippen molar-refractivity contribution in [2.24, 2.45) is 0 Å². The summed E-state index contributed by atoms with van der Waals surface area (Å²) in [5.74, 6) is -0.149. The van der Waals surface area contributed by atoms with E-state index in [0.29, 0.717) is 18.7 Å². The Bertz CT molecular complexity index is 499. The maximum atomic E-state index is 12.3. The van der Waals surface area contributed by atoms with Gasteiger partial charge >= 0.3 is 0 Å². The predicted molar refractivity (Wildman–Crippen MR) is 78.3 cm³/mol. The molecule has 0 saturated carbocycles. The number of nitro benzene ring substituents is 1. The van der Waals surface area contributed by atoms with Crippen molar-refractivity contribution >= 4 is 24.0 Å². The first-order valence-electron chi connectivity index (χ1n) is 6.27. The Morgan fingerprint density at radius 1 is 1.35 bits per heavy atom. The van der Waals surface area contributed by atoms with Gasteiger partial charge in [-0.15, -0.1) is 12.4 Å². The fourth-order valence-corrected chi connectivity index (χ4v) is 2.43. The van der Waals surface area contributed by atoms with E-state index in [1.54, 1.807) is 17.0 Å². The zero-order chi connectivity index (χ0) is 14.0. The third-order valence-electron chi connectivity index (χ3n) is 3.15. The molecule has 1 N–H and O–H groups in total. The van der Waals surface area contributed by atoms with Gasteiger partial charge in [-0.05, 0) is 19.9 Å². The van der Waals surface area contributed by atoms with Crippen LogP contribution < -0.4 is 5.32 Å². The van der Waals surface area contributed by atoms with Crippen LogP contribution in [-0.4, -0.2) is 40.9 Å². The number of carbonyl (C=O) groups excluding carboxylic acids is 1. The highest BCUT2D eigenvalue weighted by Crippen LogP contribution is 2.16. The zero-order valence-electron chi connectivity index (χ0n) is 11.4. The minimum Gasteiger partial charge on any atom is -0.336 e. The van der Waals surface area contributed by atoms with Gasteiger partial charge in [-0.1, -0.05) is 6.07 Å². The molecule has 7 heteroatoms. The van der Waals surface area contributed by atoms with E-state index >= 15 is 0 Å². The van der Waals surface area contributed by atoms with Gasteiger partial charge in [0.25, 0.3) is 11.6 Å². The van der Waals surface area contributed by atoms with Crippen LogP contribution in [0.4, 0.5) is 5.69 Å². The second kappa shape index (κ2) is 6.67. The number of amides is 1. The van der Waals surface area contributed by atoms with Crippen molar-refractivity contribution in [2.45, 2.75) is 25.9 Å². The average Bonchev–Trinajstić information content (AvgIpc) is 2.37. The molecule has 1 aromatic rings. The fourth-order valence-electron chi connectivity index (χ4n) is 2.43. The van der Waals surface area contributed by atoms with E-state index in [1.165, 1.54) is 12.1 Å². The first-order valence-corrected chi connectivity index (χ1v) is 6.27. The first kappa shape index (κ1) is 16.4. The molecular weight excluding hydrogens is 282 g/mol. The van der Waals surface area contributed by atoms with Crippen LogP contribution in [0.15, 0.2) is 24.3 Å². The zero-order valence-corrected chi connectivity index (χ0v) is 12.2. The van der Waals surface area contributed by atoms with E-state index in [-0.39, 0.29) is 36.1 Å². The first-order chi connectivity index (χ1) is 8.97. The highest BCUT2D eigenvalue weighted by Gasteiger charge is 2.26. The Morgan fingerprint density at radius 2 is 1.95 bits per heavy atom. The van der Waals surface area contributed by atoms with Crippen molar-refractivity contribution in [1.29, 1.82) is 0 Å². The molecule has 1 amide bonds. The Kier molecular flexibility index (Phi) is 5.47. The second-order valence-electron chi connectivity index (χ2n) is 4.99. The van der Waals surface area contributed by atoms with Crippen LogP contribution >= 0.6 is 12.4 Å². The van der Waals surface area contributed by atoms with Crippen molar-refractivity contribution in [3.8, 4) is 0 Å². The number of nitrogens with zero attached hydrogens (tertiary/aromatic N) is 2. The Balaban J connectivity index is 0.00000200. The van der Waals surface area contributed by atoms with Gasteiger partial charge in [0.05, 0.1) is 4.92 Å². The fraction of sp³-hybridized carbons (Fsp3) is 0.462. The van der Waals surface area contributed by atoms with Gasteiger partial charge < -0.3 is 10.2 Å². The number of benzene rings is 1. The van der Waals surface area contributed by atoms with Crippen LogP contribution in [0.5, 0.6) is 0 Å². The lowest BCUT2D eigenvalue weighted by molar-refractivity contribution is -0.384. The van der Waals surface area contributed by atoms with Gasteiger partial charge in [0.2, 0.25) is 0 Å². The van der Waals surface area contributed by atoms with E-state index in [0.717, 1.165) is 0 Å². The molecule has 0 bridgehead atoms. The number of nitrogens with one attached hydrogen (secondary N) is 1. The van der Waals surface area contributed by atoms with E-state index in [1.807, 2.05) is 13.8 Å². The maximum absolute atomic E-state index is 12.3. The minimum atomic E-state index is -0.486. The highest BCUT2D eigenvalue weighted by atomic mass is 35.5. The molecule has 0 aromatic heterocycles. The van der Waals surface area contributed by atoms with E-state index < -0.39 is 4.92 Å². The van der Waals surface area contributed by atoms with Gasteiger partial charge in [-0.3, -0.25) is 14.9 Å². The smallest absolute Gasteiger partial charge is 0.270 e.